The third-order valence-corrected chi connectivity index (χ3v) is 6.09. The molecule has 4 amide bonds. The largest absolute Gasteiger partial charge is 0.347 e. The lowest BCUT2D eigenvalue weighted by Crippen LogP contribution is -2.87. The van der Waals surface area contributed by atoms with Gasteiger partial charge in [0.25, 0.3) is 11.8 Å². The number of nitrogens with zero attached hydrogens (tertiary/aromatic N) is 5. The number of urea groups is 1. The number of carbonyl (C=O) groups is 3. The van der Waals surface area contributed by atoms with Gasteiger partial charge in [0.15, 0.2) is 0 Å². The lowest BCUT2D eigenvalue weighted by molar-refractivity contribution is -0.639. The monoisotopic (exact) mass is 536 g/mol. The van der Waals surface area contributed by atoms with Gasteiger partial charge in [-0.05, 0) is 31.5 Å². The molecular formula is C27H38N9O3+. The summed E-state index contributed by atoms with van der Waals surface area (Å²) in [7, 11) is 6.66. The highest BCUT2D eigenvalue weighted by Gasteiger charge is 2.29. The number of rotatable bonds is 9. The first-order valence-corrected chi connectivity index (χ1v) is 12.8. The number of hydrogen-bond acceptors (Lipinski definition) is 7. The van der Waals surface area contributed by atoms with E-state index in [-0.39, 0.29) is 30.2 Å². The van der Waals surface area contributed by atoms with Crippen molar-refractivity contribution in [1.82, 2.24) is 25.1 Å². The Bertz CT molecular complexity index is 1240. The Labute approximate surface area is 229 Å². The molecule has 12 heteroatoms. The first-order chi connectivity index (χ1) is 18.5. The Hall–Kier alpha value is -4.32. The quantitative estimate of drug-likeness (QED) is 0.352. The number of quaternary nitrogens is 1. The number of aromatic nitrogens is 2. The average Bonchev–Trinajstić information content (AvgIpc) is 2.91. The lowest BCUT2D eigenvalue weighted by atomic mass is 10.00. The highest BCUT2D eigenvalue weighted by Crippen LogP contribution is 2.20. The number of hydrogen-bond donors (Lipinski definition) is 4. The fourth-order valence-corrected chi connectivity index (χ4v) is 3.98. The predicted octanol–water partition coefficient (Wildman–Crippen LogP) is 1.04. The molecule has 0 bridgehead atoms. The summed E-state index contributed by atoms with van der Waals surface area (Å²) < 4.78 is 0. The maximum atomic E-state index is 13.0. The van der Waals surface area contributed by atoms with E-state index in [1.54, 1.807) is 40.3 Å². The van der Waals surface area contributed by atoms with Crippen LogP contribution in [0.3, 0.4) is 0 Å². The van der Waals surface area contributed by atoms with E-state index in [1.165, 1.54) is 22.2 Å². The van der Waals surface area contributed by atoms with E-state index < -0.39 is 5.91 Å². The Morgan fingerprint density at radius 3 is 2.26 bits per heavy atom. The number of amides is 4. The summed E-state index contributed by atoms with van der Waals surface area (Å²) in [6.45, 7) is 5.32. The molecule has 2 heterocycles. The molecule has 1 aliphatic rings. The molecule has 1 aliphatic heterocycles. The number of anilines is 2. The van der Waals surface area contributed by atoms with Gasteiger partial charge in [-0.25, -0.2) is 14.8 Å². The summed E-state index contributed by atoms with van der Waals surface area (Å²) >= 11 is 0. The summed E-state index contributed by atoms with van der Waals surface area (Å²) in [5, 5.41) is 16.4. The summed E-state index contributed by atoms with van der Waals surface area (Å²) in [6.07, 6.45) is 3.64. The standard InChI is InChI=1S/C27H37N9O3/c1-17(2)32-22-11-12-36(26-30-14-19(15-31-26)25(38)34(3)4)16-21(22)23(28)24(37)29-13-18-7-9-20(10-8-18)33-27(39)35(5)6/h7-10,14-15,17,28,32H,11-13,16H2,1-6H3,(H,29,37)(H,33,39)/p+1. The van der Waals surface area contributed by atoms with E-state index in [0.717, 1.165) is 11.3 Å². The normalized spacial score (nSPS) is 13.3. The van der Waals surface area contributed by atoms with Crippen LogP contribution in [-0.2, 0) is 11.3 Å². The minimum Gasteiger partial charge on any atom is -0.347 e. The second-order valence-corrected chi connectivity index (χ2v) is 10.1. The van der Waals surface area contributed by atoms with Crippen molar-refractivity contribution in [2.75, 3.05) is 51.5 Å². The maximum absolute atomic E-state index is 13.0. The first kappa shape index (κ1) is 29.2. The van der Waals surface area contributed by atoms with Gasteiger partial charge < -0.3 is 30.7 Å². The van der Waals surface area contributed by atoms with Crippen molar-refractivity contribution in [1.29, 1.82) is 5.41 Å². The van der Waals surface area contributed by atoms with Crippen molar-refractivity contribution >= 4 is 35.2 Å². The van der Waals surface area contributed by atoms with Crippen molar-refractivity contribution in [3.63, 3.8) is 0 Å². The molecule has 208 valence electrons. The van der Waals surface area contributed by atoms with Gasteiger partial charge in [-0.1, -0.05) is 12.1 Å². The summed E-state index contributed by atoms with van der Waals surface area (Å²) in [5.74, 6) is -0.207. The fraction of sp³-hybridized carbons (Fsp3) is 0.407. The molecule has 0 atom stereocenters. The molecule has 39 heavy (non-hydrogen) atoms. The topological polar surface area (TPSA) is 151 Å². The van der Waals surface area contributed by atoms with E-state index in [9.17, 15) is 14.4 Å². The van der Waals surface area contributed by atoms with Gasteiger partial charge in [0.1, 0.15) is 11.4 Å². The zero-order valence-corrected chi connectivity index (χ0v) is 23.4. The number of nitrogens with one attached hydrogen (secondary N) is 3. The number of carbonyl (C=O) groups excluding carboxylic acids is 3. The van der Waals surface area contributed by atoms with Gasteiger partial charge in [0.05, 0.1) is 23.7 Å². The smallest absolute Gasteiger partial charge is 0.321 e. The molecule has 0 spiro atoms. The molecule has 1 aromatic heterocycles. The molecule has 0 aliphatic carbocycles. The van der Waals surface area contributed by atoms with Crippen LogP contribution in [0.5, 0.6) is 0 Å². The summed E-state index contributed by atoms with van der Waals surface area (Å²) in [5.41, 5.74) is 3.40. The molecule has 1 aromatic carbocycles. The minimum absolute atomic E-state index is 0.0964. The summed E-state index contributed by atoms with van der Waals surface area (Å²) in [4.78, 5) is 50.6. The molecule has 5 N–H and O–H groups in total. The van der Waals surface area contributed by atoms with Crippen LogP contribution in [0.25, 0.3) is 0 Å². The van der Waals surface area contributed by atoms with E-state index in [0.29, 0.717) is 42.3 Å². The second-order valence-electron chi connectivity index (χ2n) is 10.1. The van der Waals surface area contributed by atoms with E-state index in [1.807, 2.05) is 17.0 Å². The highest BCUT2D eigenvalue weighted by molar-refractivity contribution is 6.44. The molecule has 0 saturated carbocycles. The van der Waals surface area contributed by atoms with Crippen LogP contribution in [0.2, 0.25) is 0 Å². The molecule has 12 nitrogen and oxygen atoms in total. The van der Waals surface area contributed by atoms with Gasteiger partial charge in [0, 0.05) is 65.8 Å². The van der Waals surface area contributed by atoms with Crippen molar-refractivity contribution < 1.29 is 19.7 Å². The first-order valence-electron chi connectivity index (χ1n) is 12.8. The fourth-order valence-electron chi connectivity index (χ4n) is 3.98. The van der Waals surface area contributed by atoms with Gasteiger partial charge in [0.2, 0.25) is 5.95 Å². The van der Waals surface area contributed by atoms with E-state index in [4.69, 9.17) is 5.41 Å². The number of benzene rings is 1. The van der Waals surface area contributed by atoms with Crippen LogP contribution in [0.4, 0.5) is 16.4 Å². The Morgan fingerprint density at radius 1 is 1.05 bits per heavy atom. The zero-order valence-electron chi connectivity index (χ0n) is 23.4. The van der Waals surface area contributed by atoms with Crippen molar-refractivity contribution in [3.05, 3.63) is 59.1 Å². The van der Waals surface area contributed by atoms with E-state index in [2.05, 4.69) is 39.8 Å². The molecule has 0 saturated heterocycles. The van der Waals surface area contributed by atoms with Crippen molar-refractivity contribution in [3.8, 4) is 0 Å². The van der Waals surface area contributed by atoms with Crippen LogP contribution in [-0.4, -0.2) is 90.6 Å². The van der Waals surface area contributed by atoms with Crippen molar-refractivity contribution in [2.45, 2.75) is 32.9 Å². The average molecular weight is 537 g/mol. The van der Waals surface area contributed by atoms with Crippen LogP contribution < -0.4 is 20.9 Å². The van der Waals surface area contributed by atoms with Crippen LogP contribution >= 0.6 is 0 Å². The minimum atomic E-state index is -0.473. The van der Waals surface area contributed by atoms with Gasteiger partial charge in [-0.2, -0.15) is 0 Å². The second kappa shape index (κ2) is 13.0. The molecule has 0 unspecified atom stereocenters. The molecule has 0 radical (unpaired) electrons. The van der Waals surface area contributed by atoms with E-state index >= 15 is 0 Å². The van der Waals surface area contributed by atoms with Crippen LogP contribution in [0.1, 0.15) is 36.2 Å². The SMILES string of the molecule is CC(C)[NH2+]C1=C(C(=N)C(=O)NCc2ccc(NC(=O)N(C)C)cc2)CN(c2ncc(C(=O)N(C)C)cn2)CC1. The highest BCUT2D eigenvalue weighted by atomic mass is 16.2. The Morgan fingerprint density at radius 2 is 1.69 bits per heavy atom. The molecule has 2 aromatic rings. The Kier molecular flexibility index (Phi) is 9.72. The molecule has 3 rings (SSSR count). The molecule has 0 fully saturated rings. The van der Waals surface area contributed by atoms with Crippen LogP contribution in [0, 0.1) is 5.41 Å². The maximum Gasteiger partial charge on any atom is 0.321 e. The zero-order chi connectivity index (χ0) is 28.7. The Balaban J connectivity index is 1.69. The predicted molar refractivity (Wildman–Crippen MR) is 150 cm³/mol. The lowest BCUT2D eigenvalue weighted by Gasteiger charge is -2.30. The van der Waals surface area contributed by atoms with Crippen LogP contribution in [0.15, 0.2) is 47.9 Å². The third-order valence-electron chi connectivity index (χ3n) is 6.09. The van der Waals surface area contributed by atoms with Crippen molar-refractivity contribution in [2.24, 2.45) is 0 Å². The third kappa shape index (κ3) is 7.84. The van der Waals surface area contributed by atoms with Gasteiger partial charge in [-0.3, -0.25) is 15.0 Å². The van der Waals surface area contributed by atoms with Gasteiger partial charge in [-0.15, -0.1) is 0 Å². The summed E-state index contributed by atoms with van der Waals surface area (Å²) in [6, 6.07) is 7.20. The number of nitrogens with two attached hydrogens (primary N) is 1. The van der Waals surface area contributed by atoms with Gasteiger partial charge >= 0.3 is 6.03 Å². The molecular weight excluding hydrogens is 498 g/mol.